The van der Waals surface area contributed by atoms with Crippen LogP contribution in [0.1, 0.15) is 0 Å². The van der Waals surface area contributed by atoms with Gasteiger partial charge in [-0.05, 0) is 56.6 Å². The number of hydrogen-bond acceptors (Lipinski definition) is 3. The van der Waals surface area contributed by atoms with Crippen LogP contribution in [0.2, 0.25) is 0 Å². The zero-order chi connectivity index (χ0) is 32.1. The number of nitrogens with zero attached hydrogens (tertiary/aromatic N) is 3. The van der Waals surface area contributed by atoms with Crippen LogP contribution in [-0.4, -0.2) is 15.0 Å². The third kappa shape index (κ3) is 5.93. The summed E-state index contributed by atoms with van der Waals surface area (Å²) in [5.74, 6) is 1.89. The smallest absolute Gasteiger partial charge is 0.164 e. The molecule has 48 heavy (non-hydrogen) atoms. The highest BCUT2D eigenvalue weighted by Gasteiger charge is 2.17. The Morgan fingerprint density at radius 1 is 0.208 bits per heavy atom. The third-order valence-corrected chi connectivity index (χ3v) is 8.56. The summed E-state index contributed by atoms with van der Waals surface area (Å²) in [6.45, 7) is 0. The summed E-state index contributed by atoms with van der Waals surface area (Å²) in [6.07, 6.45) is 0. The minimum Gasteiger partial charge on any atom is -0.208 e. The number of aromatic nitrogens is 3. The molecule has 0 spiro atoms. The molecule has 1 heterocycles. The Morgan fingerprint density at radius 2 is 0.542 bits per heavy atom. The molecule has 0 bridgehead atoms. The zero-order valence-electron chi connectivity index (χ0n) is 26.2. The van der Waals surface area contributed by atoms with E-state index >= 15 is 0 Å². The molecule has 226 valence electrons. The fourth-order valence-electron chi connectivity index (χ4n) is 6.20. The van der Waals surface area contributed by atoms with Gasteiger partial charge in [0.25, 0.3) is 0 Å². The van der Waals surface area contributed by atoms with E-state index in [1.807, 2.05) is 24.3 Å². The minimum atomic E-state index is 0.627. The van der Waals surface area contributed by atoms with E-state index in [1.54, 1.807) is 0 Å². The number of benzene rings is 7. The average molecular weight is 614 g/mol. The van der Waals surface area contributed by atoms with Gasteiger partial charge in [-0.1, -0.05) is 176 Å². The normalized spacial score (nSPS) is 10.9. The first kappa shape index (κ1) is 29.0. The molecule has 8 rings (SSSR count). The summed E-state index contributed by atoms with van der Waals surface area (Å²) in [7, 11) is 0. The van der Waals surface area contributed by atoms with Gasteiger partial charge in [0.2, 0.25) is 0 Å². The van der Waals surface area contributed by atoms with Gasteiger partial charge in [0, 0.05) is 16.7 Å². The molecule has 3 heteroatoms. The van der Waals surface area contributed by atoms with E-state index in [9.17, 15) is 0 Å². The van der Waals surface area contributed by atoms with Crippen molar-refractivity contribution in [2.45, 2.75) is 0 Å². The largest absolute Gasteiger partial charge is 0.208 e. The first-order valence-corrected chi connectivity index (χ1v) is 16.1. The van der Waals surface area contributed by atoms with Crippen molar-refractivity contribution in [1.82, 2.24) is 15.0 Å². The zero-order valence-corrected chi connectivity index (χ0v) is 26.2. The molecule has 0 radical (unpaired) electrons. The standard InChI is InChI=1S/C45H31N3/c1-4-16-32(17-5-1)35-22-14-24-37(30-35)43-46-44(48-45(47-43)42-29-13-12-27-40(42)34-20-8-3-9-21-34)38-25-15-23-36(31-38)41-28-11-10-26-39(41)33-18-6-2-7-19-33/h1-31H. The lowest BCUT2D eigenvalue weighted by atomic mass is 9.93. The van der Waals surface area contributed by atoms with E-state index in [4.69, 9.17) is 15.0 Å². The van der Waals surface area contributed by atoms with Crippen LogP contribution in [-0.2, 0) is 0 Å². The van der Waals surface area contributed by atoms with Crippen LogP contribution in [0, 0.1) is 0 Å². The van der Waals surface area contributed by atoms with Crippen LogP contribution < -0.4 is 0 Å². The van der Waals surface area contributed by atoms with Crippen LogP contribution in [0.4, 0.5) is 0 Å². The van der Waals surface area contributed by atoms with E-state index in [0.717, 1.165) is 50.1 Å². The average Bonchev–Trinajstić information content (AvgIpc) is 3.19. The van der Waals surface area contributed by atoms with Gasteiger partial charge in [0.15, 0.2) is 17.5 Å². The number of hydrogen-bond donors (Lipinski definition) is 0. The van der Waals surface area contributed by atoms with Crippen molar-refractivity contribution in [2.24, 2.45) is 0 Å². The Kier molecular flexibility index (Phi) is 7.92. The van der Waals surface area contributed by atoms with Crippen molar-refractivity contribution in [2.75, 3.05) is 0 Å². The molecule has 0 amide bonds. The Balaban J connectivity index is 1.30. The maximum Gasteiger partial charge on any atom is 0.164 e. The first-order valence-electron chi connectivity index (χ1n) is 16.1. The highest BCUT2D eigenvalue weighted by Crippen LogP contribution is 2.36. The van der Waals surface area contributed by atoms with E-state index in [-0.39, 0.29) is 0 Å². The van der Waals surface area contributed by atoms with Crippen LogP contribution in [0.25, 0.3) is 78.7 Å². The molecule has 0 N–H and O–H groups in total. The van der Waals surface area contributed by atoms with Gasteiger partial charge in [-0.25, -0.2) is 15.0 Å². The third-order valence-electron chi connectivity index (χ3n) is 8.56. The van der Waals surface area contributed by atoms with Crippen molar-refractivity contribution >= 4 is 0 Å². The molecule has 7 aromatic carbocycles. The van der Waals surface area contributed by atoms with Gasteiger partial charge in [-0.3, -0.25) is 0 Å². The van der Waals surface area contributed by atoms with Gasteiger partial charge >= 0.3 is 0 Å². The van der Waals surface area contributed by atoms with Crippen molar-refractivity contribution < 1.29 is 0 Å². The summed E-state index contributed by atoms with van der Waals surface area (Å²) in [5, 5.41) is 0. The van der Waals surface area contributed by atoms with Gasteiger partial charge in [0.05, 0.1) is 0 Å². The van der Waals surface area contributed by atoms with Crippen LogP contribution in [0.5, 0.6) is 0 Å². The van der Waals surface area contributed by atoms with Gasteiger partial charge < -0.3 is 0 Å². The molecule has 0 aliphatic carbocycles. The molecule has 0 aliphatic heterocycles. The summed E-state index contributed by atoms with van der Waals surface area (Å²) in [5.41, 5.74) is 11.9. The summed E-state index contributed by atoms with van der Waals surface area (Å²) >= 11 is 0. The predicted molar refractivity (Wildman–Crippen MR) is 198 cm³/mol. The predicted octanol–water partition coefficient (Wildman–Crippen LogP) is 11.5. The lowest BCUT2D eigenvalue weighted by Crippen LogP contribution is -2.01. The lowest BCUT2D eigenvalue weighted by Gasteiger charge is -2.14. The maximum absolute atomic E-state index is 5.16. The molecule has 8 aromatic rings. The molecule has 0 saturated heterocycles. The van der Waals surface area contributed by atoms with Crippen LogP contribution in [0.3, 0.4) is 0 Å². The Bertz CT molecular complexity index is 2330. The second-order valence-electron chi connectivity index (χ2n) is 11.7. The minimum absolute atomic E-state index is 0.627. The summed E-state index contributed by atoms with van der Waals surface area (Å²) < 4.78 is 0. The molecule has 0 aliphatic rings. The van der Waals surface area contributed by atoms with Gasteiger partial charge in [-0.15, -0.1) is 0 Å². The SMILES string of the molecule is c1ccc(-c2cccc(-c3nc(-c4cccc(-c5ccccc5-c5ccccc5)c4)nc(-c4ccccc4-c4ccccc4)n3)c2)cc1. The monoisotopic (exact) mass is 613 g/mol. The molecule has 0 unspecified atom stereocenters. The van der Waals surface area contributed by atoms with Crippen molar-refractivity contribution in [1.29, 1.82) is 0 Å². The maximum atomic E-state index is 5.16. The molecule has 3 nitrogen and oxygen atoms in total. The van der Waals surface area contributed by atoms with Crippen molar-refractivity contribution in [3.63, 3.8) is 0 Å². The van der Waals surface area contributed by atoms with Gasteiger partial charge in [0.1, 0.15) is 0 Å². The number of rotatable bonds is 7. The molecular weight excluding hydrogens is 583 g/mol. The molecule has 0 fully saturated rings. The lowest BCUT2D eigenvalue weighted by molar-refractivity contribution is 1.07. The molecule has 0 saturated carbocycles. The quantitative estimate of drug-likeness (QED) is 0.179. The highest BCUT2D eigenvalue weighted by atomic mass is 15.0. The van der Waals surface area contributed by atoms with Crippen molar-refractivity contribution in [3.05, 3.63) is 188 Å². The fraction of sp³-hybridized carbons (Fsp3) is 0. The topological polar surface area (TPSA) is 38.7 Å². The van der Waals surface area contributed by atoms with Gasteiger partial charge in [-0.2, -0.15) is 0 Å². The second kappa shape index (κ2) is 13.1. The fourth-order valence-corrected chi connectivity index (χ4v) is 6.20. The molecule has 1 aromatic heterocycles. The molecule has 0 atom stereocenters. The highest BCUT2D eigenvalue weighted by molar-refractivity contribution is 5.86. The molecular formula is C45H31N3. The van der Waals surface area contributed by atoms with E-state index < -0.39 is 0 Å². The summed E-state index contributed by atoms with van der Waals surface area (Å²) in [4.78, 5) is 15.4. The van der Waals surface area contributed by atoms with E-state index in [1.165, 1.54) is 11.1 Å². The van der Waals surface area contributed by atoms with E-state index in [2.05, 4.69) is 164 Å². The van der Waals surface area contributed by atoms with Crippen LogP contribution in [0.15, 0.2) is 188 Å². The Labute approximate surface area is 280 Å². The van der Waals surface area contributed by atoms with Crippen LogP contribution >= 0.6 is 0 Å². The van der Waals surface area contributed by atoms with E-state index in [0.29, 0.717) is 17.5 Å². The van der Waals surface area contributed by atoms with Crippen molar-refractivity contribution in [3.8, 4) is 78.7 Å². The Morgan fingerprint density at radius 3 is 1.08 bits per heavy atom. The first-order chi connectivity index (χ1) is 23.8. The summed E-state index contributed by atoms with van der Waals surface area (Å²) in [6, 6.07) is 65.1. The second-order valence-corrected chi connectivity index (χ2v) is 11.7. The Hall–Kier alpha value is -6.45.